The molecule has 0 saturated heterocycles. The second-order valence-corrected chi connectivity index (χ2v) is 6.54. The van der Waals surface area contributed by atoms with Gasteiger partial charge in [-0.15, -0.1) is 0 Å². The third-order valence-electron chi connectivity index (χ3n) is 2.99. The number of aromatic hydroxyl groups is 1. The Kier molecular flexibility index (Phi) is 6.97. The highest BCUT2D eigenvalue weighted by molar-refractivity contribution is 6.32. The average molecular weight is 329 g/mol. The molecular weight excluding hydrogens is 304 g/mol. The summed E-state index contributed by atoms with van der Waals surface area (Å²) in [5.41, 5.74) is 0.210. The van der Waals surface area contributed by atoms with E-state index in [9.17, 15) is 9.90 Å². The fraction of sp³-hybridized carbons (Fsp3) is 0.562. The molecule has 0 aliphatic heterocycles. The highest BCUT2D eigenvalue weighted by atomic mass is 35.5. The minimum Gasteiger partial charge on any atom is -0.506 e. The summed E-state index contributed by atoms with van der Waals surface area (Å²) in [4.78, 5) is 11.7. The van der Waals surface area contributed by atoms with E-state index < -0.39 is 11.7 Å². The van der Waals surface area contributed by atoms with Crippen molar-refractivity contribution in [2.75, 3.05) is 6.54 Å². The molecule has 5 nitrogen and oxygen atoms in total. The summed E-state index contributed by atoms with van der Waals surface area (Å²) in [6.45, 7) is 8.51. The van der Waals surface area contributed by atoms with Crippen molar-refractivity contribution in [3.63, 3.8) is 0 Å². The Hall–Kier alpha value is -1.46. The predicted octanol–water partition coefficient (Wildman–Crippen LogP) is 3.44. The van der Waals surface area contributed by atoms with Crippen LogP contribution in [0.3, 0.4) is 0 Å². The Bertz CT molecular complexity index is 501. The third-order valence-corrected chi connectivity index (χ3v) is 3.30. The number of benzene rings is 1. The molecule has 1 atom stereocenters. The number of alkyl carbamates (subject to hydrolysis) is 1. The maximum atomic E-state index is 11.7. The summed E-state index contributed by atoms with van der Waals surface area (Å²) >= 11 is 5.86. The van der Waals surface area contributed by atoms with Gasteiger partial charge in [-0.05, 0) is 33.3 Å². The molecule has 0 aliphatic carbocycles. The van der Waals surface area contributed by atoms with Crippen molar-refractivity contribution in [3.8, 4) is 5.75 Å². The van der Waals surface area contributed by atoms with Crippen LogP contribution in [0.4, 0.5) is 4.79 Å². The maximum Gasteiger partial charge on any atom is 0.407 e. The number of nitrogens with one attached hydrogen (secondary N) is 2. The first-order chi connectivity index (χ1) is 10.2. The minimum absolute atomic E-state index is 0.0452. The van der Waals surface area contributed by atoms with Gasteiger partial charge in [0.25, 0.3) is 0 Å². The van der Waals surface area contributed by atoms with E-state index in [-0.39, 0.29) is 11.8 Å². The number of halogens is 1. The summed E-state index contributed by atoms with van der Waals surface area (Å²) in [7, 11) is 0. The fourth-order valence-electron chi connectivity index (χ4n) is 1.86. The van der Waals surface area contributed by atoms with Crippen LogP contribution in [-0.4, -0.2) is 29.4 Å². The van der Waals surface area contributed by atoms with Crippen LogP contribution in [0.25, 0.3) is 0 Å². The highest BCUT2D eigenvalue weighted by Crippen LogP contribution is 2.26. The number of amides is 1. The van der Waals surface area contributed by atoms with E-state index in [1.54, 1.807) is 18.2 Å². The fourth-order valence-corrected chi connectivity index (χ4v) is 2.05. The number of rotatable bonds is 6. The SMILES string of the molecule is CCC(CNCc1cccc(Cl)c1O)NC(=O)OC(C)(C)C. The zero-order chi connectivity index (χ0) is 16.8. The summed E-state index contributed by atoms with van der Waals surface area (Å²) in [6.07, 6.45) is 0.347. The monoisotopic (exact) mass is 328 g/mol. The number of carbonyl (C=O) groups is 1. The van der Waals surface area contributed by atoms with Gasteiger partial charge in [-0.1, -0.05) is 30.7 Å². The average Bonchev–Trinajstić information content (AvgIpc) is 2.40. The minimum atomic E-state index is -0.512. The van der Waals surface area contributed by atoms with Crippen LogP contribution < -0.4 is 10.6 Å². The van der Waals surface area contributed by atoms with Crippen LogP contribution in [-0.2, 0) is 11.3 Å². The molecule has 0 spiro atoms. The van der Waals surface area contributed by atoms with E-state index in [0.29, 0.717) is 18.1 Å². The third kappa shape index (κ3) is 6.54. The molecule has 0 fully saturated rings. The molecule has 0 heterocycles. The normalized spacial score (nSPS) is 12.8. The second kappa shape index (κ2) is 8.25. The molecule has 1 aromatic carbocycles. The number of hydrogen-bond acceptors (Lipinski definition) is 4. The van der Waals surface area contributed by atoms with Gasteiger partial charge in [-0.2, -0.15) is 0 Å². The summed E-state index contributed by atoms with van der Waals surface area (Å²) in [5, 5.41) is 16.2. The number of ether oxygens (including phenoxy) is 1. The van der Waals surface area contributed by atoms with Gasteiger partial charge >= 0.3 is 6.09 Å². The van der Waals surface area contributed by atoms with Crippen molar-refractivity contribution in [2.45, 2.75) is 52.3 Å². The Balaban J connectivity index is 2.44. The number of phenolic OH excluding ortho intramolecular Hbond substituents is 1. The molecule has 1 rings (SSSR count). The topological polar surface area (TPSA) is 70.6 Å². The lowest BCUT2D eigenvalue weighted by Gasteiger charge is -2.23. The highest BCUT2D eigenvalue weighted by Gasteiger charge is 2.18. The van der Waals surface area contributed by atoms with Crippen LogP contribution in [0, 0.1) is 0 Å². The Morgan fingerprint density at radius 2 is 2.09 bits per heavy atom. The quantitative estimate of drug-likeness (QED) is 0.748. The largest absolute Gasteiger partial charge is 0.506 e. The molecule has 0 bridgehead atoms. The molecule has 0 radical (unpaired) electrons. The summed E-state index contributed by atoms with van der Waals surface area (Å²) < 4.78 is 5.23. The smallest absolute Gasteiger partial charge is 0.407 e. The molecule has 1 aromatic rings. The van der Waals surface area contributed by atoms with Crippen molar-refractivity contribution < 1.29 is 14.6 Å². The van der Waals surface area contributed by atoms with Crippen LogP contribution in [0.2, 0.25) is 5.02 Å². The van der Waals surface area contributed by atoms with Gasteiger partial charge in [-0.25, -0.2) is 4.79 Å². The summed E-state index contributed by atoms with van der Waals surface area (Å²) in [5.74, 6) is 0.0878. The van der Waals surface area contributed by atoms with E-state index in [0.717, 1.165) is 12.0 Å². The molecule has 0 saturated carbocycles. The first-order valence-electron chi connectivity index (χ1n) is 7.39. The molecule has 22 heavy (non-hydrogen) atoms. The number of para-hydroxylation sites is 1. The van der Waals surface area contributed by atoms with Crippen LogP contribution in [0.15, 0.2) is 18.2 Å². The van der Waals surface area contributed by atoms with Gasteiger partial charge in [0.15, 0.2) is 0 Å². The number of hydrogen-bond donors (Lipinski definition) is 3. The first-order valence-corrected chi connectivity index (χ1v) is 7.77. The van der Waals surface area contributed by atoms with Crippen molar-refractivity contribution in [1.82, 2.24) is 10.6 Å². The molecule has 0 aliphatic rings. The van der Waals surface area contributed by atoms with Crippen molar-refractivity contribution in [2.24, 2.45) is 0 Å². The van der Waals surface area contributed by atoms with Crippen LogP contribution in [0.5, 0.6) is 5.75 Å². The zero-order valence-corrected chi connectivity index (χ0v) is 14.3. The molecule has 1 unspecified atom stereocenters. The number of carbonyl (C=O) groups excluding carboxylic acids is 1. The zero-order valence-electron chi connectivity index (χ0n) is 13.6. The van der Waals surface area contributed by atoms with Crippen molar-refractivity contribution >= 4 is 17.7 Å². The second-order valence-electron chi connectivity index (χ2n) is 6.13. The lowest BCUT2D eigenvalue weighted by Crippen LogP contribution is -2.43. The van der Waals surface area contributed by atoms with Gasteiger partial charge in [0.1, 0.15) is 11.4 Å². The molecule has 1 amide bonds. The maximum absolute atomic E-state index is 11.7. The Morgan fingerprint density at radius 1 is 1.41 bits per heavy atom. The van der Waals surface area contributed by atoms with Crippen molar-refractivity contribution in [3.05, 3.63) is 28.8 Å². The van der Waals surface area contributed by atoms with Gasteiger partial charge in [-0.3, -0.25) is 0 Å². The number of phenols is 1. The lowest BCUT2D eigenvalue weighted by atomic mass is 10.2. The predicted molar refractivity (Wildman–Crippen MR) is 88.3 cm³/mol. The van der Waals surface area contributed by atoms with Gasteiger partial charge in [0.05, 0.1) is 5.02 Å². The molecule has 6 heteroatoms. The standard InChI is InChI=1S/C16H25ClN2O3/c1-5-12(19-15(21)22-16(2,3)4)10-18-9-11-7-6-8-13(17)14(11)20/h6-8,12,18,20H,5,9-10H2,1-4H3,(H,19,21). The van der Waals surface area contributed by atoms with E-state index in [1.807, 2.05) is 27.7 Å². The van der Waals surface area contributed by atoms with E-state index in [2.05, 4.69) is 10.6 Å². The van der Waals surface area contributed by atoms with Gasteiger partial charge in [0.2, 0.25) is 0 Å². The van der Waals surface area contributed by atoms with E-state index in [1.165, 1.54) is 0 Å². The van der Waals surface area contributed by atoms with E-state index in [4.69, 9.17) is 16.3 Å². The molecule has 124 valence electrons. The summed E-state index contributed by atoms with van der Waals surface area (Å²) in [6, 6.07) is 5.18. The van der Waals surface area contributed by atoms with Gasteiger partial charge < -0.3 is 20.5 Å². The van der Waals surface area contributed by atoms with Crippen molar-refractivity contribution in [1.29, 1.82) is 0 Å². The Labute approximate surface area is 137 Å². The lowest BCUT2D eigenvalue weighted by molar-refractivity contribution is 0.0502. The van der Waals surface area contributed by atoms with E-state index >= 15 is 0 Å². The molecule has 0 aromatic heterocycles. The molecule has 3 N–H and O–H groups in total. The Morgan fingerprint density at radius 3 is 2.68 bits per heavy atom. The van der Waals surface area contributed by atoms with Crippen LogP contribution >= 0.6 is 11.6 Å². The van der Waals surface area contributed by atoms with Crippen LogP contribution in [0.1, 0.15) is 39.7 Å². The van der Waals surface area contributed by atoms with Gasteiger partial charge in [0, 0.05) is 24.7 Å². The first kappa shape index (κ1) is 18.6. The molecular formula is C16H25ClN2O3.